The van der Waals surface area contributed by atoms with Gasteiger partial charge in [0.25, 0.3) is 5.56 Å². The zero-order chi connectivity index (χ0) is 14.0. The Kier molecular flexibility index (Phi) is 3.84. The van der Waals surface area contributed by atoms with Gasteiger partial charge in [0.15, 0.2) is 0 Å². The molecule has 0 aliphatic carbocycles. The number of fused-ring (bicyclic) bond motifs is 1. The van der Waals surface area contributed by atoms with Crippen molar-refractivity contribution in [1.82, 2.24) is 4.98 Å². The minimum absolute atomic E-state index is 0.0916. The maximum atomic E-state index is 11.9. The number of carbonyl (C=O) groups excluding carboxylic acids is 1. The maximum Gasteiger partial charge on any atom is 0.251 e. The molecule has 0 atom stereocenters. The van der Waals surface area contributed by atoms with Gasteiger partial charge >= 0.3 is 0 Å². The number of Topliss-reactive ketones (excluding diaryl/α,β-unsaturated/α-hetero) is 1. The molecule has 0 fully saturated rings. The van der Waals surface area contributed by atoms with Crippen LogP contribution in [0.4, 0.5) is 0 Å². The number of aromatic nitrogens is 1. The van der Waals surface area contributed by atoms with Gasteiger partial charge in [0.05, 0.1) is 0 Å². The number of ketones is 1. The summed E-state index contributed by atoms with van der Waals surface area (Å²) >= 11 is 0. The van der Waals surface area contributed by atoms with Crippen molar-refractivity contribution in [3.63, 3.8) is 0 Å². The molecule has 1 aromatic heterocycles. The third kappa shape index (κ3) is 3.11. The highest BCUT2D eigenvalue weighted by atomic mass is 16.1. The van der Waals surface area contributed by atoms with Crippen LogP contribution in [0.25, 0.3) is 10.9 Å². The normalized spacial score (nSPS) is 11.2. The van der Waals surface area contributed by atoms with E-state index in [-0.39, 0.29) is 11.3 Å². The Hall–Kier alpha value is -1.90. The van der Waals surface area contributed by atoms with Crippen LogP contribution in [0.5, 0.6) is 0 Å². The summed E-state index contributed by atoms with van der Waals surface area (Å²) in [5, 5.41) is 1.03. The van der Waals surface area contributed by atoms with E-state index in [1.807, 2.05) is 18.2 Å². The average molecular weight is 257 g/mol. The average Bonchev–Trinajstić information content (AvgIpc) is 2.35. The first-order valence-corrected chi connectivity index (χ1v) is 6.62. The highest BCUT2D eigenvalue weighted by molar-refractivity contribution is 5.80. The van der Waals surface area contributed by atoms with Gasteiger partial charge in [-0.15, -0.1) is 0 Å². The van der Waals surface area contributed by atoms with E-state index >= 15 is 0 Å². The molecule has 19 heavy (non-hydrogen) atoms. The molecule has 1 aromatic carbocycles. The van der Waals surface area contributed by atoms with Crippen molar-refractivity contribution in [2.45, 2.75) is 39.5 Å². The predicted octanol–water partition coefficient (Wildman–Crippen LogP) is 3.17. The maximum absolute atomic E-state index is 11.9. The first-order chi connectivity index (χ1) is 8.97. The number of nitrogens with one attached hydrogen (secondary N) is 1. The van der Waals surface area contributed by atoms with Crippen molar-refractivity contribution in [1.29, 1.82) is 0 Å². The number of pyridine rings is 1. The van der Waals surface area contributed by atoms with Gasteiger partial charge < -0.3 is 9.78 Å². The third-order valence-electron chi connectivity index (χ3n) is 3.36. The highest BCUT2D eigenvalue weighted by Crippen LogP contribution is 2.20. The van der Waals surface area contributed by atoms with Gasteiger partial charge in [-0.05, 0) is 48.4 Å². The van der Waals surface area contributed by atoms with E-state index in [4.69, 9.17) is 0 Å². The number of rotatable bonds is 4. The van der Waals surface area contributed by atoms with Crippen LogP contribution >= 0.6 is 0 Å². The number of hydrogen-bond donors (Lipinski definition) is 1. The van der Waals surface area contributed by atoms with Gasteiger partial charge in [0.2, 0.25) is 0 Å². The van der Waals surface area contributed by atoms with Crippen LogP contribution < -0.4 is 5.56 Å². The topological polar surface area (TPSA) is 49.9 Å². The minimum atomic E-state index is -0.0916. The number of aromatic amines is 1. The Labute approximate surface area is 112 Å². The van der Waals surface area contributed by atoms with Crippen LogP contribution in [0, 0.1) is 0 Å². The Balaban J connectivity index is 2.46. The number of hydrogen-bond acceptors (Lipinski definition) is 2. The van der Waals surface area contributed by atoms with Crippen LogP contribution in [0.2, 0.25) is 0 Å². The molecule has 0 saturated carbocycles. The van der Waals surface area contributed by atoms with E-state index in [1.165, 1.54) is 5.56 Å². The summed E-state index contributed by atoms with van der Waals surface area (Å²) < 4.78 is 0. The van der Waals surface area contributed by atoms with Gasteiger partial charge in [-0.1, -0.05) is 19.9 Å². The molecule has 3 nitrogen and oxygen atoms in total. The minimum Gasteiger partial charge on any atom is -0.322 e. The van der Waals surface area contributed by atoms with Crippen LogP contribution in [-0.4, -0.2) is 10.8 Å². The van der Waals surface area contributed by atoms with Crippen molar-refractivity contribution in [2.24, 2.45) is 0 Å². The lowest BCUT2D eigenvalue weighted by atomic mass is 10.00. The van der Waals surface area contributed by atoms with E-state index in [2.05, 4.69) is 24.9 Å². The lowest BCUT2D eigenvalue weighted by Gasteiger charge is -2.08. The first-order valence-electron chi connectivity index (χ1n) is 6.62. The monoisotopic (exact) mass is 257 g/mol. The SMILES string of the molecule is CC(=O)CCc1cc2cc(C(C)C)ccc2[nH]c1=O. The van der Waals surface area contributed by atoms with Crippen molar-refractivity contribution in [3.8, 4) is 0 Å². The largest absolute Gasteiger partial charge is 0.322 e. The number of benzene rings is 1. The summed E-state index contributed by atoms with van der Waals surface area (Å²) in [6.07, 6.45) is 0.922. The molecule has 100 valence electrons. The van der Waals surface area contributed by atoms with E-state index < -0.39 is 0 Å². The molecular formula is C16H19NO2. The molecule has 2 rings (SSSR count). The molecule has 0 aliphatic heterocycles. The summed E-state index contributed by atoms with van der Waals surface area (Å²) in [5.74, 6) is 0.562. The van der Waals surface area contributed by atoms with Crippen LogP contribution in [0.15, 0.2) is 29.1 Å². The Morgan fingerprint density at radius 2 is 2.00 bits per heavy atom. The van der Waals surface area contributed by atoms with Crippen molar-refractivity contribution >= 4 is 16.7 Å². The zero-order valence-electron chi connectivity index (χ0n) is 11.6. The van der Waals surface area contributed by atoms with Gasteiger partial charge in [-0.3, -0.25) is 4.79 Å². The van der Waals surface area contributed by atoms with Gasteiger partial charge in [-0.25, -0.2) is 0 Å². The second-order valence-electron chi connectivity index (χ2n) is 5.33. The number of H-pyrrole nitrogens is 1. The first kappa shape index (κ1) is 13.5. The Morgan fingerprint density at radius 1 is 1.26 bits per heavy atom. The summed E-state index contributed by atoms with van der Waals surface area (Å²) in [7, 11) is 0. The smallest absolute Gasteiger partial charge is 0.251 e. The molecule has 0 radical (unpaired) electrons. The van der Waals surface area contributed by atoms with Crippen molar-refractivity contribution in [2.75, 3.05) is 0 Å². The lowest BCUT2D eigenvalue weighted by Crippen LogP contribution is -2.13. The fourth-order valence-corrected chi connectivity index (χ4v) is 2.13. The molecule has 1 heterocycles. The standard InChI is InChI=1S/C16H19NO2/c1-10(2)12-6-7-15-14(8-12)9-13(16(19)17-15)5-4-11(3)18/h6-10H,4-5H2,1-3H3,(H,17,19). The van der Waals surface area contributed by atoms with E-state index in [9.17, 15) is 9.59 Å². The molecule has 0 unspecified atom stereocenters. The van der Waals surface area contributed by atoms with Crippen molar-refractivity contribution < 1.29 is 4.79 Å². The van der Waals surface area contributed by atoms with Gasteiger partial charge in [-0.2, -0.15) is 0 Å². The number of carbonyl (C=O) groups is 1. The van der Waals surface area contributed by atoms with E-state index in [1.54, 1.807) is 6.92 Å². The number of aryl methyl sites for hydroxylation is 1. The highest BCUT2D eigenvalue weighted by Gasteiger charge is 2.06. The van der Waals surface area contributed by atoms with Gasteiger partial charge in [0.1, 0.15) is 5.78 Å². The van der Waals surface area contributed by atoms with Crippen LogP contribution in [-0.2, 0) is 11.2 Å². The fraction of sp³-hybridized carbons (Fsp3) is 0.375. The molecule has 1 N–H and O–H groups in total. The fourth-order valence-electron chi connectivity index (χ4n) is 2.13. The molecule has 2 aromatic rings. The predicted molar refractivity (Wildman–Crippen MR) is 77.7 cm³/mol. The molecule has 0 spiro atoms. The summed E-state index contributed by atoms with van der Waals surface area (Å²) in [6.45, 7) is 5.83. The van der Waals surface area contributed by atoms with Crippen LogP contribution in [0.3, 0.4) is 0 Å². The molecule has 3 heteroatoms. The summed E-state index contributed by atoms with van der Waals surface area (Å²) in [4.78, 5) is 25.8. The Morgan fingerprint density at radius 3 is 2.63 bits per heavy atom. The molecule has 0 aliphatic rings. The van der Waals surface area contributed by atoms with E-state index in [0.29, 0.717) is 24.3 Å². The van der Waals surface area contributed by atoms with Crippen molar-refractivity contribution in [3.05, 3.63) is 45.7 Å². The summed E-state index contributed by atoms with van der Waals surface area (Å²) in [6, 6.07) is 8.00. The van der Waals surface area contributed by atoms with Gasteiger partial charge in [0, 0.05) is 17.5 Å². The zero-order valence-corrected chi connectivity index (χ0v) is 11.6. The summed E-state index contributed by atoms with van der Waals surface area (Å²) in [5.41, 5.74) is 2.69. The molecule has 0 saturated heterocycles. The molecule has 0 bridgehead atoms. The lowest BCUT2D eigenvalue weighted by molar-refractivity contribution is -0.116. The molecular weight excluding hydrogens is 238 g/mol. The third-order valence-corrected chi connectivity index (χ3v) is 3.36. The van der Waals surface area contributed by atoms with Crippen LogP contribution in [0.1, 0.15) is 44.2 Å². The molecule has 0 amide bonds. The quantitative estimate of drug-likeness (QED) is 0.914. The van der Waals surface area contributed by atoms with E-state index in [0.717, 1.165) is 10.9 Å². The second-order valence-corrected chi connectivity index (χ2v) is 5.33. The second kappa shape index (κ2) is 5.39. The Bertz CT molecular complexity index is 668.